The van der Waals surface area contributed by atoms with Gasteiger partial charge in [0.2, 0.25) is 0 Å². The van der Waals surface area contributed by atoms with Crippen LogP contribution in [0.2, 0.25) is 0 Å². The molecular weight excluding hydrogens is 303 g/mol. The molecule has 2 aromatic rings. The number of aliphatic hydroxyl groups is 1. The highest BCUT2D eigenvalue weighted by atomic mass is 19.1. The Balaban J connectivity index is 1.46. The average molecular weight is 328 g/mol. The minimum atomic E-state index is -0.791. The Kier molecular flexibility index (Phi) is 5.20. The zero-order valence-electron chi connectivity index (χ0n) is 13.9. The van der Waals surface area contributed by atoms with E-state index in [9.17, 15) is 14.6 Å². The van der Waals surface area contributed by atoms with Crippen molar-refractivity contribution in [3.63, 3.8) is 0 Å². The van der Waals surface area contributed by atoms with Crippen LogP contribution in [0.1, 0.15) is 49.7 Å². The molecule has 1 fully saturated rings. The van der Waals surface area contributed by atoms with Gasteiger partial charge in [-0.15, -0.1) is 0 Å². The molecular formula is C21H25FO2. The first-order chi connectivity index (χ1) is 11.5. The van der Waals surface area contributed by atoms with E-state index in [0.717, 1.165) is 44.1 Å². The predicted octanol–water partition coefficient (Wildman–Crippen LogP) is 4.93. The number of halogens is 1. The number of benzene rings is 2. The standard InChI is InChI=1S/C21H25FO2/c22-19-8-6-18(7-9-19)21(24)14-12-17(13-15-21)3-1-2-16-4-10-20(23)11-5-16/h4-11,17,23-24H,1-3,12-15H2. The fraction of sp³-hybridized carbons (Fsp3) is 0.429. The molecule has 1 aliphatic carbocycles. The van der Waals surface area contributed by atoms with Crippen LogP contribution >= 0.6 is 0 Å². The van der Waals surface area contributed by atoms with Gasteiger partial charge in [0.25, 0.3) is 0 Å². The van der Waals surface area contributed by atoms with E-state index in [0.29, 0.717) is 11.7 Å². The van der Waals surface area contributed by atoms with Crippen molar-refractivity contribution in [2.24, 2.45) is 5.92 Å². The van der Waals surface area contributed by atoms with Gasteiger partial charge in [0, 0.05) is 0 Å². The van der Waals surface area contributed by atoms with Crippen LogP contribution in [0.25, 0.3) is 0 Å². The molecule has 0 amide bonds. The Morgan fingerprint density at radius 3 is 2.21 bits per heavy atom. The Morgan fingerprint density at radius 2 is 1.58 bits per heavy atom. The van der Waals surface area contributed by atoms with Crippen molar-refractivity contribution in [3.8, 4) is 5.75 Å². The number of phenolic OH excluding ortho intramolecular Hbond substituents is 1. The lowest BCUT2D eigenvalue weighted by Gasteiger charge is -2.36. The van der Waals surface area contributed by atoms with E-state index in [1.54, 1.807) is 24.3 Å². The number of aromatic hydroxyl groups is 1. The summed E-state index contributed by atoms with van der Waals surface area (Å²) in [6, 6.07) is 13.7. The molecule has 0 radical (unpaired) electrons. The van der Waals surface area contributed by atoms with Gasteiger partial charge in [0.1, 0.15) is 11.6 Å². The van der Waals surface area contributed by atoms with Crippen LogP contribution in [-0.2, 0) is 12.0 Å². The third kappa shape index (κ3) is 4.15. The summed E-state index contributed by atoms with van der Waals surface area (Å²) in [5.41, 5.74) is 1.30. The first kappa shape index (κ1) is 17.0. The number of aryl methyl sites for hydroxylation is 1. The number of rotatable bonds is 5. The molecule has 0 aliphatic heterocycles. The maximum Gasteiger partial charge on any atom is 0.123 e. The van der Waals surface area contributed by atoms with E-state index in [4.69, 9.17) is 0 Å². The number of hydrogen-bond acceptors (Lipinski definition) is 2. The third-order valence-electron chi connectivity index (χ3n) is 5.33. The van der Waals surface area contributed by atoms with E-state index < -0.39 is 5.60 Å². The van der Waals surface area contributed by atoms with Crippen LogP contribution in [0.3, 0.4) is 0 Å². The van der Waals surface area contributed by atoms with E-state index in [1.807, 2.05) is 12.1 Å². The second-order valence-electron chi connectivity index (χ2n) is 7.04. The van der Waals surface area contributed by atoms with Crippen molar-refractivity contribution in [2.45, 2.75) is 50.5 Å². The summed E-state index contributed by atoms with van der Waals surface area (Å²) in [5.74, 6) is 0.708. The second kappa shape index (κ2) is 7.35. The molecule has 1 aliphatic rings. The average Bonchev–Trinajstić information content (AvgIpc) is 2.59. The van der Waals surface area contributed by atoms with E-state index in [1.165, 1.54) is 24.1 Å². The van der Waals surface area contributed by atoms with Crippen LogP contribution in [0.5, 0.6) is 5.75 Å². The Hall–Kier alpha value is -1.87. The zero-order chi connectivity index (χ0) is 17.0. The first-order valence-corrected chi connectivity index (χ1v) is 8.81. The predicted molar refractivity (Wildman–Crippen MR) is 93.3 cm³/mol. The number of hydrogen-bond donors (Lipinski definition) is 2. The fourth-order valence-corrected chi connectivity index (χ4v) is 3.75. The smallest absolute Gasteiger partial charge is 0.123 e. The number of phenols is 1. The van der Waals surface area contributed by atoms with E-state index >= 15 is 0 Å². The molecule has 2 nitrogen and oxygen atoms in total. The Labute approximate surface area is 143 Å². The van der Waals surface area contributed by atoms with Gasteiger partial charge < -0.3 is 10.2 Å². The molecule has 0 heterocycles. The summed E-state index contributed by atoms with van der Waals surface area (Å²) in [6.07, 6.45) is 6.86. The molecule has 3 rings (SSSR count). The molecule has 0 bridgehead atoms. The van der Waals surface area contributed by atoms with Crippen molar-refractivity contribution in [3.05, 3.63) is 65.5 Å². The van der Waals surface area contributed by atoms with Crippen molar-refractivity contribution < 1.29 is 14.6 Å². The van der Waals surface area contributed by atoms with Gasteiger partial charge in [-0.3, -0.25) is 0 Å². The zero-order valence-corrected chi connectivity index (χ0v) is 13.9. The maximum absolute atomic E-state index is 13.0. The maximum atomic E-state index is 13.0. The van der Waals surface area contributed by atoms with Gasteiger partial charge in [-0.2, -0.15) is 0 Å². The van der Waals surface area contributed by atoms with Crippen LogP contribution in [0.15, 0.2) is 48.5 Å². The minimum Gasteiger partial charge on any atom is -0.508 e. The van der Waals surface area contributed by atoms with Crippen molar-refractivity contribution in [1.29, 1.82) is 0 Å². The molecule has 2 N–H and O–H groups in total. The lowest BCUT2D eigenvalue weighted by Crippen LogP contribution is -2.31. The Morgan fingerprint density at radius 1 is 0.958 bits per heavy atom. The quantitative estimate of drug-likeness (QED) is 0.817. The molecule has 0 unspecified atom stereocenters. The first-order valence-electron chi connectivity index (χ1n) is 8.81. The van der Waals surface area contributed by atoms with Crippen LogP contribution in [0, 0.1) is 11.7 Å². The fourth-order valence-electron chi connectivity index (χ4n) is 3.75. The van der Waals surface area contributed by atoms with Gasteiger partial charge in [0.05, 0.1) is 5.60 Å². The monoisotopic (exact) mass is 328 g/mol. The van der Waals surface area contributed by atoms with Crippen molar-refractivity contribution >= 4 is 0 Å². The third-order valence-corrected chi connectivity index (χ3v) is 5.33. The van der Waals surface area contributed by atoms with Gasteiger partial charge in [-0.25, -0.2) is 4.39 Å². The molecule has 0 atom stereocenters. The van der Waals surface area contributed by atoms with Crippen LogP contribution in [-0.4, -0.2) is 10.2 Å². The van der Waals surface area contributed by atoms with Gasteiger partial charge in [-0.05, 0) is 79.8 Å². The lowest BCUT2D eigenvalue weighted by atomic mass is 9.74. The summed E-state index contributed by atoms with van der Waals surface area (Å²) < 4.78 is 13.0. The second-order valence-corrected chi connectivity index (χ2v) is 7.04. The van der Waals surface area contributed by atoms with E-state index in [2.05, 4.69) is 0 Å². The summed E-state index contributed by atoms with van der Waals surface area (Å²) in [6.45, 7) is 0. The normalized spacial score (nSPS) is 24.0. The minimum absolute atomic E-state index is 0.259. The van der Waals surface area contributed by atoms with Crippen LogP contribution in [0.4, 0.5) is 4.39 Å². The molecule has 0 spiro atoms. The Bertz CT molecular complexity index is 641. The van der Waals surface area contributed by atoms with Gasteiger partial charge >= 0.3 is 0 Å². The highest BCUT2D eigenvalue weighted by Crippen LogP contribution is 2.41. The van der Waals surface area contributed by atoms with Crippen molar-refractivity contribution in [1.82, 2.24) is 0 Å². The highest BCUT2D eigenvalue weighted by Gasteiger charge is 2.34. The van der Waals surface area contributed by atoms with Gasteiger partial charge in [0.15, 0.2) is 0 Å². The topological polar surface area (TPSA) is 40.5 Å². The SMILES string of the molecule is Oc1ccc(CCCC2CCC(O)(c3ccc(F)cc3)CC2)cc1. The summed E-state index contributed by atoms with van der Waals surface area (Å²) >= 11 is 0. The molecule has 24 heavy (non-hydrogen) atoms. The molecule has 2 aromatic carbocycles. The van der Waals surface area contributed by atoms with Crippen molar-refractivity contribution in [2.75, 3.05) is 0 Å². The summed E-state index contributed by atoms with van der Waals surface area (Å²) in [4.78, 5) is 0. The van der Waals surface area contributed by atoms with Gasteiger partial charge in [-0.1, -0.05) is 30.7 Å². The molecule has 1 saturated carbocycles. The lowest BCUT2D eigenvalue weighted by molar-refractivity contribution is -0.0154. The molecule has 3 heteroatoms. The molecule has 0 saturated heterocycles. The highest BCUT2D eigenvalue weighted by molar-refractivity contribution is 5.26. The van der Waals surface area contributed by atoms with Crippen LogP contribution < -0.4 is 0 Å². The summed E-state index contributed by atoms with van der Waals surface area (Å²) in [5, 5.41) is 20.1. The molecule has 128 valence electrons. The largest absolute Gasteiger partial charge is 0.508 e. The molecule has 0 aromatic heterocycles. The van der Waals surface area contributed by atoms with E-state index in [-0.39, 0.29) is 5.82 Å². The summed E-state index contributed by atoms with van der Waals surface area (Å²) in [7, 11) is 0.